The summed E-state index contributed by atoms with van der Waals surface area (Å²) >= 11 is 0. The van der Waals surface area contributed by atoms with E-state index >= 15 is 0 Å². The first kappa shape index (κ1) is 12.2. The molecule has 92 valence electrons. The molecule has 0 bridgehead atoms. The van der Waals surface area contributed by atoms with E-state index in [0.717, 1.165) is 37.9 Å². The molecule has 1 aliphatic carbocycles. The van der Waals surface area contributed by atoms with Crippen molar-refractivity contribution in [3.63, 3.8) is 0 Å². The van der Waals surface area contributed by atoms with Crippen molar-refractivity contribution < 1.29 is 9.53 Å². The Hall–Kier alpha value is -1.31. The van der Waals surface area contributed by atoms with Crippen LogP contribution < -0.4 is 4.74 Å². The zero-order valence-corrected chi connectivity index (χ0v) is 10.7. The summed E-state index contributed by atoms with van der Waals surface area (Å²) in [6, 6.07) is 6.24. The first-order chi connectivity index (χ1) is 8.20. The molecule has 2 rings (SSSR count). The number of carbonyl (C=O) groups excluding carboxylic acids is 1. The number of Topliss-reactive ketones (excluding diaryl/α,β-unsaturated/α-hetero) is 1. The minimum Gasteiger partial charge on any atom is -0.496 e. The molecule has 0 N–H and O–H groups in total. The molecule has 1 unspecified atom stereocenters. The minimum absolute atomic E-state index is 0.292. The Kier molecular flexibility index (Phi) is 3.82. The Bertz CT molecular complexity index is 409. The minimum atomic E-state index is 0.292. The molecule has 1 saturated carbocycles. The summed E-state index contributed by atoms with van der Waals surface area (Å²) in [5.41, 5.74) is 2.48. The van der Waals surface area contributed by atoms with Crippen LogP contribution in [0.25, 0.3) is 0 Å². The number of aryl methyl sites for hydroxylation is 2. The van der Waals surface area contributed by atoms with Gasteiger partial charge < -0.3 is 4.74 Å². The van der Waals surface area contributed by atoms with E-state index in [0.29, 0.717) is 11.7 Å². The Morgan fingerprint density at radius 2 is 2.24 bits per heavy atom. The average molecular weight is 232 g/mol. The molecule has 0 heterocycles. The predicted molar refractivity (Wildman–Crippen MR) is 68.4 cm³/mol. The third-order valence-corrected chi connectivity index (χ3v) is 3.63. The van der Waals surface area contributed by atoms with Gasteiger partial charge in [0.05, 0.1) is 7.11 Å². The van der Waals surface area contributed by atoms with Crippen molar-refractivity contribution in [1.29, 1.82) is 0 Å². The van der Waals surface area contributed by atoms with Crippen molar-refractivity contribution in [1.82, 2.24) is 0 Å². The number of methoxy groups -OCH3 is 1. The maximum atomic E-state index is 11.6. The van der Waals surface area contributed by atoms with Gasteiger partial charge in [0.25, 0.3) is 0 Å². The van der Waals surface area contributed by atoms with Gasteiger partial charge in [0.15, 0.2) is 0 Å². The van der Waals surface area contributed by atoms with E-state index in [-0.39, 0.29) is 0 Å². The fraction of sp³-hybridized carbons (Fsp3) is 0.533. The Labute approximate surface area is 103 Å². The average Bonchev–Trinajstić information content (AvgIpc) is 2.72. The summed E-state index contributed by atoms with van der Waals surface area (Å²) in [6.45, 7) is 2.09. The molecule has 1 fully saturated rings. The van der Waals surface area contributed by atoms with Gasteiger partial charge >= 0.3 is 0 Å². The number of benzene rings is 1. The molecule has 17 heavy (non-hydrogen) atoms. The molecule has 1 aromatic rings. The molecule has 2 nitrogen and oxygen atoms in total. The molecular weight excluding hydrogens is 212 g/mol. The van der Waals surface area contributed by atoms with E-state index in [1.54, 1.807) is 7.11 Å². The van der Waals surface area contributed by atoms with Crippen LogP contribution in [-0.2, 0) is 11.2 Å². The van der Waals surface area contributed by atoms with Gasteiger partial charge in [-0.2, -0.15) is 0 Å². The second-order valence-corrected chi connectivity index (χ2v) is 4.91. The zero-order chi connectivity index (χ0) is 12.3. The van der Waals surface area contributed by atoms with Gasteiger partial charge in [-0.05, 0) is 44.2 Å². The summed E-state index contributed by atoms with van der Waals surface area (Å²) < 4.78 is 5.36. The van der Waals surface area contributed by atoms with Crippen molar-refractivity contribution >= 4 is 5.78 Å². The third-order valence-electron chi connectivity index (χ3n) is 3.63. The monoisotopic (exact) mass is 232 g/mol. The van der Waals surface area contributed by atoms with Crippen LogP contribution in [0.2, 0.25) is 0 Å². The molecule has 0 aromatic heterocycles. The fourth-order valence-corrected chi connectivity index (χ4v) is 2.63. The van der Waals surface area contributed by atoms with Gasteiger partial charge in [0.1, 0.15) is 11.5 Å². The SMILES string of the molecule is COc1ccc(C)cc1CCC1CCCC1=O. The summed E-state index contributed by atoms with van der Waals surface area (Å²) in [6.07, 6.45) is 4.86. The number of hydrogen-bond donors (Lipinski definition) is 0. The first-order valence-corrected chi connectivity index (χ1v) is 6.37. The van der Waals surface area contributed by atoms with Crippen LogP contribution >= 0.6 is 0 Å². The number of carbonyl (C=O) groups is 1. The van der Waals surface area contributed by atoms with E-state index in [2.05, 4.69) is 19.1 Å². The Balaban J connectivity index is 2.02. The molecule has 2 heteroatoms. The van der Waals surface area contributed by atoms with E-state index in [1.807, 2.05) is 6.07 Å². The maximum absolute atomic E-state index is 11.6. The topological polar surface area (TPSA) is 26.3 Å². The summed E-state index contributed by atoms with van der Waals surface area (Å²) in [7, 11) is 1.70. The highest BCUT2D eigenvalue weighted by Gasteiger charge is 2.24. The van der Waals surface area contributed by atoms with Crippen molar-refractivity contribution in [2.24, 2.45) is 5.92 Å². The number of ether oxygens (including phenoxy) is 1. The fourth-order valence-electron chi connectivity index (χ4n) is 2.63. The maximum Gasteiger partial charge on any atom is 0.135 e. The highest BCUT2D eigenvalue weighted by Crippen LogP contribution is 2.28. The van der Waals surface area contributed by atoms with Gasteiger partial charge in [-0.1, -0.05) is 17.7 Å². The lowest BCUT2D eigenvalue weighted by molar-refractivity contribution is -0.120. The van der Waals surface area contributed by atoms with E-state index in [9.17, 15) is 4.79 Å². The zero-order valence-electron chi connectivity index (χ0n) is 10.7. The van der Waals surface area contributed by atoms with Crippen LogP contribution in [0.1, 0.15) is 36.8 Å². The van der Waals surface area contributed by atoms with Gasteiger partial charge in [-0.15, -0.1) is 0 Å². The van der Waals surface area contributed by atoms with E-state index in [1.165, 1.54) is 11.1 Å². The van der Waals surface area contributed by atoms with Crippen LogP contribution in [0, 0.1) is 12.8 Å². The summed E-state index contributed by atoms with van der Waals surface area (Å²) in [5, 5.41) is 0. The lowest BCUT2D eigenvalue weighted by Crippen LogP contribution is -2.07. The normalized spacial score (nSPS) is 19.6. The molecule has 1 atom stereocenters. The van der Waals surface area contributed by atoms with Gasteiger partial charge in [-0.3, -0.25) is 4.79 Å². The second kappa shape index (κ2) is 5.35. The van der Waals surface area contributed by atoms with Crippen molar-refractivity contribution in [3.05, 3.63) is 29.3 Å². The lowest BCUT2D eigenvalue weighted by Gasteiger charge is -2.11. The molecule has 0 saturated heterocycles. The van der Waals surface area contributed by atoms with Gasteiger partial charge in [0.2, 0.25) is 0 Å². The smallest absolute Gasteiger partial charge is 0.135 e. The quantitative estimate of drug-likeness (QED) is 0.796. The van der Waals surface area contributed by atoms with Crippen molar-refractivity contribution in [2.75, 3.05) is 7.11 Å². The van der Waals surface area contributed by atoms with Crippen LogP contribution in [-0.4, -0.2) is 12.9 Å². The van der Waals surface area contributed by atoms with Crippen LogP contribution in [0.4, 0.5) is 0 Å². The Morgan fingerprint density at radius 1 is 1.41 bits per heavy atom. The van der Waals surface area contributed by atoms with Gasteiger partial charge in [0, 0.05) is 12.3 Å². The highest BCUT2D eigenvalue weighted by molar-refractivity contribution is 5.82. The second-order valence-electron chi connectivity index (χ2n) is 4.91. The Morgan fingerprint density at radius 3 is 2.88 bits per heavy atom. The molecule has 1 aromatic carbocycles. The van der Waals surface area contributed by atoms with Crippen LogP contribution in [0.3, 0.4) is 0 Å². The molecule has 0 aliphatic heterocycles. The molecule has 0 radical (unpaired) electrons. The predicted octanol–water partition coefficient (Wildman–Crippen LogP) is 3.31. The van der Waals surface area contributed by atoms with Crippen LogP contribution in [0.5, 0.6) is 5.75 Å². The number of ketones is 1. The number of hydrogen-bond acceptors (Lipinski definition) is 2. The van der Waals surface area contributed by atoms with Crippen molar-refractivity contribution in [3.8, 4) is 5.75 Å². The highest BCUT2D eigenvalue weighted by atomic mass is 16.5. The summed E-state index contributed by atoms with van der Waals surface area (Å²) in [4.78, 5) is 11.6. The third kappa shape index (κ3) is 2.87. The number of rotatable bonds is 4. The molecule has 0 amide bonds. The molecular formula is C15H20O2. The molecule has 1 aliphatic rings. The largest absolute Gasteiger partial charge is 0.496 e. The van der Waals surface area contributed by atoms with Crippen molar-refractivity contribution in [2.45, 2.75) is 39.0 Å². The van der Waals surface area contributed by atoms with Gasteiger partial charge in [-0.25, -0.2) is 0 Å². The molecule has 0 spiro atoms. The van der Waals surface area contributed by atoms with E-state index in [4.69, 9.17) is 4.74 Å². The van der Waals surface area contributed by atoms with Crippen LogP contribution in [0.15, 0.2) is 18.2 Å². The first-order valence-electron chi connectivity index (χ1n) is 6.37. The lowest BCUT2D eigenvalue weighted by atomic mass is 9.96. The summed E-state index contributed by atoms with van der Waals surface area (Å²) in [5.74, 6) is 1.69. The van der Waals surface area contributed by atoms with E-state index < -0.39 is 0 Å². The standard InChI is InChI=1S/C15H20O2/c1-11-6-9-15(17-2)13(10-11)8-7-12-4-3-5-14(12)16/h6,9-10,12H,3-5,7-8H2,1-2H3.